The second-order valence-corrected chi connectivity index (χ2v) is 6.86. The maximum Gasteiger partial charge on any atom is 0.273 e. The Labute approximate surface area is 128 Å². The third kappa shape index (κ3) is 5.06. The molecule has 0 saturated carbocycles. The smallest absolute Gasteiger partial charge is 0.273 e. The van der Waals surface area contributed by atoms with E-state index in [0.717, 1.165) is 12.1 Å². The number of hydrogen-bond acceptors (Lipinski definition) is 3. The summed E-state index contributed by atoms with van der Waals surface area (Å²) >= 11 is 0. The summed E-state index contributed by atoms with van der Waals surface area (Å²) in [5.41, 5.74) is 7.68. The molecule has 0 radical (unpaired) electrons. The van der Waals surface area contributed by atoms with E-state index in [-0.39, 0.29) is 17.2 Å². The fraction of sp³-hybridized carbons (Fsp3) is 0.750. The topological polar surface area (TPSA) is 83.8 Å². The summed E-state index contributed by atoms with van der Waals surface area (Å²) in [5.74, 6) is 0.0313. The van der Waals surface area contributed by atoms with E-state index in [0.29, 0.717) is 17.9 Å². The minimum absolute atomic E-state index is 0.0940. The van der Waals surface area contributed by atoms with Gasteiger partial charge in [-0.2, -0.15) is 5.10 Å². The zero-order chi connectivity index (χ0) is 16.0. The summed E-state index contributed by atoms with van der Waals surface area (Å²) in [6.07, 6.45) is 4.75. The average molecular weight is 294 g/mol. The first kappa shape index (κ1) is 17.5. The number of nitrogens with one attached hydrogen (secondary N) is 2. The minimum Gasteiger partial charge on any atom is -0.395 e. The van der Waals surface area contributed by atoms with Gasteiger partial charge in [-0.1, -0.05) is 53.9 Å². The summed E-state index contributed by atoms with van der Waals surface area (Å²) in [6, 6.07) is 0. The first-order valence-corrected chi connectivity index (χ1v) is 7.90. The molecule has 1 aromatic rings. The minimum atomic E-state index is -0.195. The lowest BCUT2D eigenvalue weighted by Gasteiger charge is -2.24. The molecule has 5 heteroatoms. The van der Waals surface area contributed by atoms with E-state index < -0.39 is 0 Å². The monoisotopic (exact) mass is 294 g/mol. The molecule has 0 unspecified atom stereocenters. The fourth-order valence-electron chi connectivity index (χ4n) is 2.32. The molecule has 5 nitrogen and oxygen atoms in total. The van der Waals surface area contributed by atoms with Gasteiger partial charge in [-0.05, 0) is 17.8 Å². The second kappa shape index (κ2) is 7.48. The van der Waals surface area contributed by atoms with Crippen LogP contribution >= 0.6 is 0 Å². The molecule has 0 aliphatic heterocycles. The van der Waals surface area contributed by atoms with E-state index in [9.17, 15) is 4.79 Å². The van der Waals surface area contributed by atoms with Gasteiger partial charge in [0.25, 0.3) is 5.91 Å². The van der Waals surface area contributed by atoms with Crippen molar-refractivity contribution in [1.82, 2.24) is 15.5 Å². The summed E-state index contributed by atoms with van der Waals surface area (Å²) in [6.45, 7) is 11.2. The van der Waals surface area contributed by atoms with Crippen LogP contribution in [-0.2, 0) is 0 Å². The van der Waals surface area contributed by atoms with Crippen LogP contribution in [0.3, 0.4) is 0 Å². The van der Waals surface area contributed by atoms with Gasteiger partial charge in [0.05, 0.1) is 11.4 Å². The van der Waals surface area contributed by atoms with Crippen molar-refractivity contribution >= 4 is 11.6 Å². The summed E-state index contributed by atoms with van der Waals surface area (Å²) in [5, 5.41) is 9.87. The highest BCUT2D eigenvalue weighted by molar-refractivity contribution is 5.97. The van der Waals surface area contributed by atoms with E-state index in [1.807, 2.05) is 13.8 Å². The lowest BCUT2D eigenvalue weighted by Crippen LogP contribution is -2.34. The Morgan fingerprint density at radius 3 is 2.57 bits per heavy atom. The highest BCUT2D eigenvalue weighted by atomic mass is 16.1. The summed E-state index contributed by atoms with van der Waals surface area (Å²) < 4.78 is 0. The molecule has 120 valence electrons. The number of anilines is 1. The molecule has 0 saturated heterocycles. The van der Waals surface area contributed by atoms with Crippen molar-refractivity contribution in [1.29, 1.82) is 0 Å². The van der Waals surface area contributed by atoms with E-state index in [1.165, 1.54) is 19.3 Å². The molecule has 0 aliphatic carbocycles. The molecule has 21 heavy (non-hydrogen) atoms. The molecule has 0 fully saturated rings. The third-order valence-corrected chi connectivity index (χ3v) is 3.81. The number of nitrogen functional groups attached to an aromatic ring is 1. The van der Waals surface area contributed by atoms with Gasteiger partial charge >= 0.3 is 0 Å². The van der Waals surface area contributed by atoms with Crippen LogP contribution < -0.4 is 11.1 Å². The molecular weight excluding hydrogens is 264 g/mol. The Morgan fingerprint density at radius 2 is 2.05 bits per heavy atom. The highest BCUT2D eigenvalue weighted by Gasteiger charge is 2.22. The average Bonchev–Trinajstić information content (AvgIpc) is 2.78. The highest BCUT2D eigenvalue weighted by Crippen LogP contribution is 2.24. The summed E-state index contributed by atoms with van der Waals surface area (Å²) in [7, 11) is 0. The quantitative estimate of drug-likeness (QED) is 0.642. The number of carbonyl (C=O) groups excluding carboxylic acids is 1. The number of nitrogens with two attached hydrogens (primary N) is 1. The van der Waals surface area contributed by atoms with Crippen molar-refractivity contribution < 1.29 is 4.79 Å². The number of carbonyl (C=O) groups is 1. The maximum atomic E-state index is 12.2. The number of nitrogens with zero attached hydrogens (tertiary/aromatic N) is 1. The van der Waals surface area contributed by atoms with Crippen LogP contribution in [0.4, 0.5) is 5.69 Å². The number of amides is 1. The standard InChI is InChI=1S/C16H30N4O/c1-6-7-8-9-16(4,5)10-18-15(21)14-12(17)13(11(2)3)19-20-14/h11H,6-10,17H2,1-5H3,(H,18,21)(H,19,20). The van der Waals surface area contributed by atoms with Crippen molar-refractivity contribution in [2.24, 2.45) is 5.41 Å². The molecule has 4 N–H and O–H groups in total. The zero-order valence-corrected chi connectivity index (χ0v) is 14.0. The van der Waals surface area contributed by atoms with Gasteiger partial charge in [-0.25, -0.2) is 0 Å². The number of aromatic nitrogens is 2. The van der Waals surface area contributed by atoms with Crippen LogP contribution in [0.25, 0.3) is 0 Å². The van der Waals surface area contributed by atoms with Crippen molar-refractivity contribution in [3.63, 3.8) is 0 Å². The molecule has 1 amide bonds. The van der Waals surface area contributed by atoms with Crippen LogP contribution in [0.15, 0.2) is 0 Å². The SMILES string of the molecule is CCCCCC(C)(C)CNC(=O)c1n[nH]c(C(C)C)c1N. The molecule has 0 atom stereocenters. The number of unbranched alkanes of at least 4 members (excludes halogenated alkanes) is 2. The predicted molar refractivity (Wildman–Crippen MR) is 87.3 cm³/mol. The van der Waals surface area contributed by atoms with Gasteiger partial charge in [-0.15, -0.1) is 0 Å². The van der Waals surface area contributed by atoms with Crippen molar-refractivity contribution in [3.05, 3.63) is 11.4 Å². The van der Waals surface area contributed by atoms with E-state index in [4.69, 9.17) is 5.73 Å². The Kier molecular flexibility index (Phi) is 6.24. The van der Waals surface area contributed by atoms with Crippen LogP contribution in [0.2, 0.25) is 0 Å². The third-order valence-electron chi connectivity index (χ3n) is 3.81. The van der Waals surface area contributed by atoms with Crippen molar-refractivity contribution in [2.45, 2.75) is 66.2 Å². The number of aromatic amines is 1. The van der Waals surface area contributed by atoms with Crippen molar-refractivity contribution in [3.8, 4) is 0 Å². The number of H-pyrrole nitrogens is 1. The summed E-state index contributed by atoms with van der Waals surface area (Å²) in [4.78, 5) is 12.2. The second-order valence-electron chi connectivity index (χ2n) is 6.86. The lowest BCUT2D eigenvalue weighted by atomic mass is 9.87. The largest absolute Gasteiger partial charge is 0.395 e. The maximum absolute atomic E-state index is 12.2. The molecule has 1 rings (SSSR count). The normalized spacial score (nSPS) is 11.9. The van der Waals surface area contributed by atoms with Crippen LogP contribution in [0, 0.1) is 5.41 Å². The van der Waals surface area contributed by atoms with Gasteiger partial charge in [-0.3, -0.25) is 9.89 Å². The van der Waals surface area contributed by atoms with Gasteiger partial charge in [0.2, 0.25) is 0 Å². The lowest BCUT2D eigenvalue weighted by molar-refractivity contribution is 0.0930. The Bertz CT molecular complexity index is 463. The van der Waals surface area contributed by atoms with Gasteiger partial charge in [0, 0.05) is 6.54 Å². The molecule has 0 spiro atoms. The molecule has 0 aliphatic rings. The Morgan fingerprint density at radius 1 is 1.38 bits per heavy atom. The number of hydrogen-bond donors (Lipinski definition) is 3. The Hall–Kier alpha value is -1.52. The van der Waals surface area contributed by atoms with Crippen LogP contribution in [-0.4, -0.2) is 22.6 Å². The zero-order valence-electron chi connectivity index (χ0n) is 14.0. The van der Waals surface area contributed by atoms with E-state index in [2.05, 4.69) is 36.3 Å². The van der Waals surface area contributed by atoms with Crippen LogP contribution in [0.5, 0.6) is 0 Å². The molecule has 1 aromatic heterocycles. The predicted octanol–water partition coefficient (Wildman–Crippen LogP) is 3.45. The first-order valence-electron chi connectivity index (χ1n) is 7.90. The molecule has 0 bridgehead atoms. The number of rotatable bonds is 8. The molecule has 1 heterocycles. The van der Waals surface area contributed by atoms with Gasteiger partial charge in [0.15, 0.2) is 5.69 Å². The van der Waals surface area contributed by atoms with Gasteiger partial charge < -0.3 is 11.1 Å². The first-order chi connectivity index (χ1) is 9.78. The van der Waals surface area contributed by atoms with E-state index in [1.54, 1.807) is 0 Å². The van der Waals surface area contributed by atoms with Crippen LogP contribution in [0.1, 0.15) is 82.4 Å². The molecular formula is C16H30N4O. The van der Waals surface area contributed by atoms with E-state index >= 15 is 0 Å². The van der Waals surface area contributed by atoms with Crippen molar-refractivity contribution in [2.75, 3.05) is 12.3 Å². The van der Waals surface area contributed by atoms with Gasteiger partial charge in [0.1, 0.15) is 0 Å². The fourth-order valence-corrected chi connectivity index (χ4v) is 2.32. The Balaban J connectivity index is 2.57. The molecule has 0 aromatic carbocycles.